The highest BCUT2D eigenvalue weighted by atomic mass is 127. The number of guanidine groups is 1. The second-order valence-electron chi connectivity index (χ2n) is 8.02. The van der Waals surface area contributed by atoms with Crippen LogP contribution in [0, 0.1) is 5.41 Å². The van der Waals surface area contributed by atoms with Crippen molar-refractivity contribution in [3.05, 3.63) is 35.9 Å². The molecule has 168 valence electrons. The fraction of sp³-hybridized carbons (Fsp3) is 0.591. The molecule has 1 aromatic rings. The summed E-state index contributed by atoms with van der Waals surface area (Å²) in [5, 5.41) is 6.49. The number of carbonyl (C=O) groups excluding carboxylic acids is 2. The SMILES string of the molecule is CN=C(NCCC(=O)N(C)Cc1ccccc1)NCC1(C(=O)N(C)C)CCCC1.I. The van der Waals surface area contributed by atoms with Crippen LogP contribution in [-0.2, 0) is 16.1 Å². The summed E-state index contributed by atoms with van der Waals surface area (Å²) in [5.74, 6) is 0.879. The van der Waals surface area contributed by atoms with Crippen LogP contribution in [0.4, 0.5) is 0 Å². The predicted octanol–water partition coefficient (Wildman–Crippen LogP) is 2.47. The van der Waals surface area contributed by atoms with Gasteiger partial charge in [0.1, 0.15) is 0 Å². The van der Waals surface area contributed by atoms with E-state index in [0.29, 0.717) is 32.0 Å². The Bertz CT molecular complexity index is 703. The second-order valence-corrected chi connectivity index (χ2v) is 8.02. The molecule has 0 radical (unpaired) electrons. The summed E-state index contributed by atoms with van der Waals surface area (Å²) < 4.78 is 0. The van der Waals surface area contributed by atoms with Gasteiger partial charge >= 0.3 is 0 Å². The minimum absolute atomic E-state index is 0. The van der Waals surface area contributed by atoms with Crippen molar-refractivity contribution in [3.63, 3.8) is 0 Å². The number of rotatable bonds is 8. The van der Waals surface area contributed by atoms with Crippen molar-refractivity contribution < 1.29 is 9.59 Å². The third kappa shape index (κ3) is 7.45. The molecule has 0 saturated heterocycles. The molecule has 0 aliphatic heterocycles. The van der Waals surface area contributed by atoms with Crippen LogP contribution in [0.5, 0.6) is 0 Å². The van der Waals surface area contributed by atoms with Gasteiger partial charge in [0.25, 0.3) is 0 Å². The molecule has 30 heavy (non-hydrogen) atoms. The van der Waals surface area contributed by atoms with Gasteiger partial charge < -0.3 is 20.4 Å². The average molecular weight is 529 g/mol. The van der Waals surface area contributed by atoms with Gasteiger partial charge in [0.05, 0.1) is 5.41 Å². The molecular weight excluding hydrogens is 493 g/mol. The molecule has 1 fully saturated rings. The Morgan fingerprint density at radius 3 is 2.27 bits per heavy atom. The van der Waals surface area contributed by atoms with Gasteiger partial charge in [0, 0.05) is 54.2 Å². The number of nitrogens with one attached hydrogen (secondary N) is 2. The van der Waals surface area contributed by atoms with Crippen molar-refractivity contribution in [1.29, 1.82) is 0 Å². The van der Waals surface area contributed by atoms with Crippen LogP contribution < -0.4 is 10.6 Å². The number of carbonyl (C=O) groups is 2. The third-order valence-corrected chi connectivity index (χ3v) is 5.56. The molecule has 0 bridgehead atoms. The Hall–Kier alpha value is -1.84. The van der Waals surface area contributed by atoms with Crippen molar-refractivity contribution in [3.8, 4) is 0 Å². The van der Waals surface area contributed by atoms with Crippen LogP contribution in [0.25, 0.3) is 0 Å². The first-order chi connectivity index (χ1) is 13.9. The maximum atomic E-state index is 12.7. The zero-order valence-electron chi connectivity index (χ0n) is 18.6. The molecule has 1 saturated carbocycles. The maximum absolute atomic E-state index is 12.7. The summed E-state index contributed by atoms with van der Waals surface area (Å²) in [6, 6.07) is 9.95. The molecule has 1 aliphatic carbocycles. The van der Waals surface area contributed by atoms with Crippen molar-refractivity contribution in [2.45, 2.75) is 38.6 Å². The molecule has 2 rings (SSSR count). The van der Waals surface area contributed by atoms with Gasteiger partial charge in [0.15, 0.2) is 5.96 Å². The topological polar surface area (TPSA) is 77.0 Å². The lowest BCUT2D eigenvalue weighted by molar-refractivity contribution is -0.138. The van der Waals surface area contributed by atoms with Crippen LogP contribution in [-0.4, -0.2) is 68.9 Å². The standard InChI is InChI=1S/C22H35N5O2.HI/c1-23-21(25-17-22(13-8-9-14-22)20(29)26(2)3)24-15-12-19(28)27(4)16-18-10-6-5-7-11-18;/h5-7,10-11H,8-9,12-17H2,1-4H3,(H2,23,24,25);1H. The highest BCUT2D eigenvalue weighted by Gasteiger charge is 2.42. The van der Waals surface area contributed by atoms with Gasteiger partial charge in [-0.3, -0.25) is 14.6 Å². The van der Waals surface area contributed by atoms with Gasteiger partial charge in [-0.05, 0) is 18.4 Å². The highest BCUT2D eigenvalue weighted by molar-refractivity contribution is 14.0. The average Bonchev–Trinajstić information content (AvgIpc) is 3.20. The van der Waals surface area contributed by atoms with Crippen molar-refractivity contribution >= 4 is 41.8 Å². The van der Waals surface area contributed by atoms with Crippen molar-refractivity contribution in [2.24, 2.45) is 10.4 Å². The number of benzene rings is 1. The number of amides is 2. The first-order valence-corrected chi connectivity index (χ1v) is 10.3. The Morgan fingerprint density at radius 1 is 1.07 bits per heavy atom. The molecule has 8 heteroatoms. The zero-order chi connectivity index (χ0) is 21.3. The van der Waals surface area contributed by atoms with E-state index in [9.17, 15) is 9.59 Å². The van der Waals surface area contributed by atoms with Crippen molar-refractivity contribution in [1.82, 2.24) is 20.4 Å². The fourth-order valence-electron chi connectivity index (χ4n) is 3.89. The van der Waals surface area contributed by atoms with E-state index in [1.54, 1.807) is 16.8 Å². The van der Waals surface area contributed by atoms with Gasteiger partial charge in [-0.25, -0.2) is 0 Å². The molecule has 7 nitrogen and oxygen atoms in total. The summed E-state index contributed by atoms with van der Waals surface area (Å²) >= 11 is 0. The van der Waals surface area contributed by atoms with Gasteiger partial charge in [-0.2, -0.15) is 0 Å². The van der Waals surface area contributed by atoms with E-state index >= 15 is 0 Å². The molecule has 0 unspecified atom stereocenters. The van der Waals surface area contributed by atoms with Gasteiger partial charge in [-0.1, -0.05) is 43.2 Å². The van der Waals surface area contributed by atoms with Gasteiger partial charge in [0.2, 0.25) is 11.8 Å². The van der Waals surface area contributed by atoms with E-state index < -0.39 is 0 Å². The molecule has 1 aromatic carbocycles. The molecule has 2 N–H and O–H groups in total. The van der Waals surface area contributed by atoms with E-state index in [-0.39, 0.29) is 41.2 Å². The molecule has 2 amide bonds. The monoisotopic (exact) mass is 529 g/mol. The number of hydrogen-bond acceptors (Lipinski definition) is 3. The Morgan fingerprint density at radius 2 is 1.70 bits per heavy atom. The lowest BCUT2D eigenvalue weighted by atomic mass is 9.84. The number of hydrogen-bond donors (Lipinski definition) is 2. The first-order valence-electron chi connectivity index (χ1n) is 10.3. The highest BCUT2D eigenvalue weighted by Crippen LogP contribution is 2.38. The molecule has 0 heterocycles. The van der Waals surface area contributed by atoms with Crippen LogP contribution in [0.15, 0.2) is 35.3 Å². The van der Waals surface area contributed by atoms with E-state index in [4.69, 9.17) is 0 Å². The number of nitrogens with zero attached hydrogens (tertiary/aromatic N) is 3. The van der Waals surface area contributed by atoms with Crippen LogP contribution >= 0.6 is 24.0 Å². The molecule has 0 atom stereocenters. The quantitative estimate of drug-likeness (QED) is 0.308. The minimum Gasteiger partial charge on any atom is -0.356 e. The Labute approximate surface area is 197 Å². The smallest absolute Gasteiger partial charge is 0.230 e. The van der Waals surface area contributed by atoms with E-state index in [0.717, 1.165) is 31.2 Å². The maximum Gasteiger partial charge on any atom is 0.230 e. The van der Waals surface area contributed by atoms with Crippen molar-refractivity contribution in [2.75, 3.05) is 41.3 Å². The molecule has 1 aliphatic rings. The first kappa shape index (κ1) is 26.2. The fourth-order valence-corrected chi connectivity index (χ4v) is 3.89. The second kappa shape index (κ2) is 12.8. The van der Waals surface area contributed by atoms with Gasteiger partial charge in [-0.15, -0.1) is 24.0 Å². The summed E-state index contributed by atoms with van der Waals surface area (Å²) in [4.78, 5) is 32.7. The van der Waals surface area contributed by atoms with E-state index in [1.807, 2.05) is 51.5 Å². The predicted molar refractivity (Wildman–Crippen MR) is 132 cm³/mol. The minimum atomic E-state index is -0.354. The zero-order valence-corrected chi connectivity index (χ0v) is 20.9. The third-order valence-electron chi connectivity index (χ3n) is 5.56. The van der Waals surface area contributed by atoms with Crippen LogP contribution in [0.2, 0.25) is 0 Å². The van der Waals surface area contributed by atoms with E-state index in [1.165, 1.54) is 0 Å². The summed E-state index contributed by atoms with van der Waals surface area (Å²) in [6.07, 6.45) is 4.34. The Kier molecular flexibility index (Phi) is 11.1. The molecule has 0 spiro atoms. The van der Waals surface area contributed by atoms with Crippen LogP contribution in [0.1, 0.15) is 37.7 Å². The summed E-state index contributed by atoms with van der Waals surface area (Å²) in [7, 11) is 7.15. The lowest BCUT2D eigenvalue weighted by Gasteiger charge is -2.31. The lowest BCUT2D eigenvalue weighted by Crippen LogP contribution is -2.49. The normalized spacial score (nSPS) is 15.1. The summed E-state index contributed by atoms with van der Waals surface area (Å²) in [5.41, 5.74) is 0.758. The van der Waals surface area contributed by atoms with E-state index in [2.05, 4.69) is 15.6 Å². The Balaban J connectivity index is 0.00000450. The molecule has 0 aromatic heterocycles. The summed E-state index contributed by atoms with van der Waals surface area (Å²) in [6.45, 7) is 1.65. The largest absolute Gasteiger partial charge is 0.356 e. The number of halogens is 1. The van der Waals surface area contributed by atoms with Crippen LogP contribution in [0.3, 0.4) is 0 Å². The molecular formula is C22H36IN5O2. The number of aliphatic imine (C=N–C) groups is 1.